The molecular weight excluding hydrogens is 826 g/mol. The van der Waals surface area contributed by atoms with Gasteiger partial charge in [0.2, 0.25) is 17.8 Å². The van der Waals surface area contributed by atoms with Gasteiger partial charge in [0.25, 0.3) is 17.4 Å². The Morgan fingerprint density at radius 1 is 0.968 bits per heavy atom. The number of ether oxygens (including phenoxy) is 1. The third-order valence-electron chi connectivity index (χ3n) is 13.5. The fourth-order valence-electron chi connectivity index (χ4n) is 9.99. The quantitative estimate of drug-likeness (QED) is 0.174. The highest BCUT2D eigenvalue weighted by Crippen LogP contribution is 2.49. The number of nitrogens with one attached hydrogen (secondary N) is 2. The molecule has 2 aromatic heterocycles. The lowest BCUT2D eigenvalue weighted by Gasteiger charge is -2.55. The summed E-state index contributed by atoms with van der Waals surface area (Å²) in [6, 6.07) is 11.6. The Bertz CT molecular complexity index is 2570. The van der Waals surface area contributed by atoms with Gasteiger partial charge >= 0.3 is 0 Å². The summed E-state index contributed by atoms with van der Waals surface area (Å²) >= 11 is 6.62. The molecule has 330 valence electrons. The van der Waals surface area contributed by atoms with Gasteiger partial charge < -0.3 is 24.4 Å². The highest BCUT2D eigenvalue weighted by atomic mass is 35.5. The summed E-state index contributed by atoms with van der Waals surface area (Å²) in [6.07, 6.45) is 6.65. The van der Waals surface area contributed by atoms with Crippen LogP contribution in [0.4, 0.5) is 23.1 Å². The van der Waals surface area contributed by atoms with Gasteiger partial charge in [0.05, 0.1) is 28.5 Å². The molecule has 2 N–H and O–H groups in total. The van der Waals surface area contributed by atoms with Crippen molar-refractivity contribution in [3.63, 3.8) is 0 Å². The van der Waals surface area contributed by atoms with Crippen LogP contribution in [0.3, 0.4) is 0 Å². The molecule has 3 saturated heterocycles. The standard InChI is InChI=1S/C46H52ClN9O7/c1-4-31(57)24-63-37-21-29-20-30(8-9-34(29)55(27(2)3)43(37)61)49-40-33(47)22-48-45(51-40)53-18-16-52(17-19-53)23-28-12-14-46(15-13-28)25-54(26-46)35-7-5-6-32-39(35)44(62)56(42(32)60)36-10-11-38(58)50-41(36)59/h5-9,20-22,27-28,36H,4,10-19,23-26H2,1-3H3,(H,48,49,51)(H,50,58,59). The summed E-state index contributed by atoms with van der Waals surface area (Å²) < 4.78 is 7.35. The van der Waals surface area contributed by atoms with E-state index in [4.69, 9.17) is 21.3 Å². The first-order valence-corrected chi connectivity index (χ1v) is 22.4. The topological polar surface area (TPSA) is 179 Å². The number of carbonyl (C=O) groups is 5. The number of piperidine rings is 1. The number of benzene rings is 2. The van der Waals surface area contributed by atoms with E-state index in [1.807, 2.05) is 38.1 Å². The lowest BCUT2D eigenvalue weighted by molar-refractivity contribution is -0.136. The van der Waals surface area contributed by atoms with E-state index in [9.17, 15) is 28.8 Å². The van der Waals surface area contributed by atoms with Crippen LogP contribution in [0.1, 0.15) is 92.5 Å². The Morgan fingerprint density at radius 3 is 2.44 bits per heavy atom. The molecule has 1 spiro atoms. The van der Waals surface area contributed by atoms with Crippen LogP contribution in [0.15, 0.2) is 53.5 Å². The van der Waals surface area contributed by atoms with Crippen LogP contribution in [0, 0.1) is 11.3 Å². The van der Waals surface area contributed by atoms with Crippen molar-refractivity contribution in [2.45, 2.75) is 77.8 Å². The number of fused-ring (bicyclic) bond motifs is 2. The van der Waals surface area contributed by atoms with Crippen LogP contribution in [0.5, 0.6) is 5.75 Å². The van der Waals surface area contributed by atoms with Gasteiger partial charge in [-0.2, -0.15) is 4.98 Å². The molecule has 1 saturated carbocycles. The van der Waals surface area contributed by atoms with Crippen molar-refractivity contribution in [1.29, 1.82) is 0 Å². The van der Waals surface area contributed by atoms with E-state index in [-0.39, 0.29) is 48.0 Å². The van der Waals surface area contributed by atoms with Crippen LogP contribution in [-0.4, -0.2) is 112 Å². The first kappa shape index (κ1) is 42.4. The Balaban J connectivity index is 0.778. The lowest BCUT2D eigenvalue weighted by atomic mass is 9.65. The van der Waals surface area contributed by atoms with E-state index in [1.165, 1.54) is 0 Å². The second kappa shape index (κ2) is 17.0. The summed E-state index contributed by atoms with van der Waals surface area (Å²) in [5, 5.41) is 6.77. The molecule has 4 amide bonds. The van der Waals surface area contributed by atoms with Gasteiger partial charge in [-0.3, -0.25) is 43.9 Å². The van der Waals surface area contributed by atoms with Crippen molar-refractivity contribution in [1.82, 2.24) is 29.7 Å². The van der Waals surface area contributed by atoms with E-state index in [0.717, 1.165) is 98.7 Å². The number of halogens is 1. The minimum atomic E-state index is -0.982. The first-order chi connectivity index (χ1) is 30.3. The van der Waals surface area contributed by atoms with Crippen molar-refractivity contribution in [3.05, 3.63) is 75.2 Å². The monoisotopic (exact) mass is 877 g/mol. The molecule has 16 nitrogen and oxygen atoms in total. The number of rotatable bonds is 12. The maximum Gasteiger partial charge on any atom is 0.293 e. The summed E-state index contributed by atoms with van der Waals surface area (Å²) in [4.78, 5) is 94.0. The number of imide groups is 2. The number of pyridine rings is 1. The molecule has 1 unspecified atom stereocenters. The van der Waals surface area contributed by atoms with Gasteiger partial charge in [-0.05, 0) is 88.3 Å². The second-order valence-corrected chi connectivity index (χ2v) is 18.4. The van der Waals surface area contributed by atoms with Gasteiger partial charge in [0, 0.05) is 81.2 Å². The van der Waals surface area contributed by atoms with Crippen molar-refractivity contribution in [3.8, 4) is 5.75 Å². The average molecular weight is 878 g/mol. The molecule has 0 bridgehead atoms. The normalized spacial score (nSPS) is 20.4. The van der Waals surface area contributed by atoms with Crippen molar-refractivity contribution >= 4 is 75.1 Å². The lowest BCUT2D eigenvalue weighted by Crippen LogP contribution is -2.58. The number of nitrogens with zero attached hydrogens (tertiary/aromatic N) is 7. The van der Waals surface area contributed by atoms with Crippen molar-refractivity contribution in [2.24, 2.45) is 11.3 Å². The number of ketones is 1. The van der Waals surface area contributed by atoms with Gasteiger partial charge in [-0.25, -0.2) is 4.98 Å². The number of Topliss-reactive ketones (excluding diaryl/α,β-unsaturated/α-hetero) is 1. The van der Waals surface area contributed by atoms with E-state index in [0.29, 0.717) is 40.3 Å². The van der Waals surface area contributed by atoms with Gasteiger partial charge in [-0.1, -0.05) is 24.6 Å². The zero-order valence-corrected chi connectivity index (χ0v) is 36.6. The molecule has 63 heavy (non-hydrogen) atoms. The summed E-state index contributed by atoms with van der Waals surface area (Å²) in [7, 11) is 0. The fourth-order valence-corrected chi connectivity index (χ4v) is 10.1. The third-order valence-corrected chi connectivity index (χ3v) is 13.8. The molecule has 4 aliphatic heterocycles. The largest absolute Gasteiger partial charge is 0.480 e. The maximum absolute atomic E-state index is 13.7. The Kier molecular flexibility index (Phi) is 11.5. The highest BCUT2D eigenvalue weighted by Gasteiger charge is 2.50. The molecule has 1 atom stereocenters. The molecule has 2 aromatic carbocycles. The Labute approximate surface area is 369 Å². The predicted octanol–water partition coefficient (Wildman–Crippen LogP) is 5.35. The van der Waals surface area contributed by atoms with Crippen LogP contribution in [0.2, 0.25) is 5.02 Å². The highest BCUT2D eigenvalue weighted by molar-refractivity contribution is 6.33. The fraction of sp³-hybridized carbons (Fsp3) is 0.478. The third kappa shape index (κ3) is 8.14. The van der Waals surface area contributed by atoms with Crippen LogP contribution in [0.25, 0.3) is 10.9 Å². The summed E-state index contributed by atoms with van der Waals surface area (Å²) in [6.45, 7) is 11.5. The maximum atomic E-state index is 13.7. The average Bonchev–Trinajstić information content (AvgIpc) is 3.51. The van der Waals surface area contributed by atoms with Crippen LogP contribution >= 0.6 is 11.6 Å². The summed E-state index contributed by atoms with van der Waals surface area (Å²) in [5.41, 5.74) is 2.79. The van der Waals surface area contributed by atoms with E-state index < -0.39 is 29.7 Å². The molecule has 0 radical (unpaired) electrons. The molecular formula is C46H52ClN9O7. The van der Waals surface area contributed by atoms with Crippen molar-refractivity contribution in [2.75, 3.05) is 67.5 Å². The smallest absolute Gasteiger partial charge is 0.293 e. The number of carbonyl (C=O) groups excluding carboxylic acids is 5. The van der Waals surface area contributed by atoms with Crippen LogP contribution in [-0.2, 0) is 14.4 Å². The van der Waals surface area contributed by atoms with Gasteiger partial charge in [-0.15, -0.1) is 0 Å². The minimum absolute atomic E-state index is 0.0861. The minimum Gasteiger partial charge on any atom is -0.480 e. The number of hydrogen-bond donors (Lipinski definition) is 2. The number of aromatic nitrogens is 3. The number of piperazine rings is 1. The zero-order chi connectivity index (χ0) is 44.2. The van der Waals surface area contributed by atoms with Gasteiger partial charge in [0.15, 0.2) is 17.4 Å². The molecule has 5 aliphatic rings. The molecule has 4 fully saturated rings. The Morgan fingerprint density at radius 2 is 1.73 bits per heavy atom. The molecule has 6 heterocycles. The molecule has 1 aliphatic carbocycles. The Hall–Kier alpha value is -5.87. The second-order valence-electron chi connectivity index (χ2n) is 18.0. The summed E-state index contributed by atoms with van der Waals surface area (Å²) in [5.74, 6) is -0.223. The molecule has 4 aromatic rings. The van der Waals surface area contributed by atoms with Gasteiger partial charge in [0.1, 0.15) is 17.7 Å². The molecule has 17 heteroatoms. The predicted molar refractivity (Wildman–Crippen MR) is 238 cm³/mol. The zero-order valence-electron chi connectivity index (χ0n) is 35.8. The van der Waals surface area contributed by atoms with E-state index in [1.54, 1.807) is 35.9 Å². The SMILES string of the molecule is CCC(=O)COc1cc2cc(Nc3nc(N4CCN(CC5CCC6(CC5)CN(c5cccc7c5C(=O)N(C5CCC(=O)NC5=O)C7=O)C6)CC4)ncc3Cl)ccc2n(C(C)C)c1=O. The number of hydrogen-bond acceptors (Lipinski definition) is 13. The van der Waals surface area contributed by atoms with E-state index in [2.05, 4.69) is 30.3 Å². The first-order valence-electron chi connectivity index (χ1n) is 22.0. The number of amides is 4. The van der Waals surface area contributed by atoms with Crippen LogP contribution < -0.4 is 30.7 Å². The van der Waals surface area contributed by atoms with E-state index >= 15 is 0 Å². The van der Waals surface area contributed by atoms with Crippen molar-refractivity contribution < 1.29 is 28.7 Å². The number of anilines is 4. The molecule has 9 rings (SSSR count).